The number of aromatic nitrogens is 1. The molecule has 0 aliphatic carbocycles. The first-order valence-electron chi connectivity index (χ1n) is 14.2. The Bertz CT molecular complexity index is 1650. The van der Waals surface area contributed by atoms with Gasteiger partial charge in [0, 0.05) is 24.6 Å². The number of nitrogens with zero attached hydrogens (tertiary/aromatic N) is 1. The van der Waals surface area contributed by atoms with E-state index >= 15 is 0 Å². The zero-order valence-electron chi connectivity index (χ0n) is 24.8. The van der Waals surface area contributed by atoms with Crippen molar-refractivity contribution in [1.29, 1.82) is 0 Å². The Morgan fingerprint density at radius 3 is 2.11 bits per heavy atom. The summed E-state index contributed by atoms with van der Waals surface area (Å²) < 4.78 is 76.7. The number of cyclic esters (lactones) is 1. The van der Waals surface area contributed by atoms with E-state index in [1.54, 1.807) is 30.3 Å². The van der Waals surface area contributed by atoms with Crippen LogP contribution < -0.4 is 16.0 Å². The molecule has 0 radical (unpaired) electrons. The van der Waals surface area contributed by atoms with Crippen molar-refractivity contribution >= 4 is 23.7 Å². The van der Waals surface area contributed by atoms with E-state index in [1.165, 1.54) is 13.0 Å². The number of nitrogens with one attached hydrogen (secondary N) is 3. The average molecular weight is 665 g/mol. The van der Waals surface area contributed by atoms with E-state index in [1.807, 2.05) is 0 Å². The van der Waals surface area contributed by atoms with Crippen LogP contribution in [0.15, 0.2) is 48.7 Å². The van der Waals surface area contributed by atoms with E-state index in [0.717, 1.165) is 19.2 Å². The lowest BCUT2D eigenvalue weighted by molar-refractivity contribution is -0.156. The molecule has 1 saturated heterocycles. The van der Waals surface area contributed by atoms with Crippen LogP contribution in [-0.2, 0) is 32.0 Å². The number of rotatable bonds is 6. The minimum absolute atomic E-state index is 0.125. The maximum absolute atomic E-state index is 14.7. The predicted octanol–water partition coefficient (Wildman–Crippen LogP) is 1.98. The van der Waals surface area contributed by atoms with Gasteiger partial charge in [0.15, 0.2) is 29.0 Å². The van der Waals surface area contributed by atoms with Gasteiger partial charge in [-0.25, -0.2) is 31.7 Å². The molecule has 11 nitrogen and oxygen atoms in total. The van der Waals surface area contributed by atoms with Crippen molar-refractivity contribution < 1.29 is 56.1 Å². The molecule has 1 fully saturated rings. The number of aliphatic hydroxyl groups excluding tert-OH is 1. The van der Waals surface area contributed by atoms with Crippen LogP contribution >= 0.6 is 0 Å². The van der Waals surface area contributed by atoms with Gasteiger partial charge in [0.2, 0.25) is 17.6 Å². The molecule has 16 heteroatoms. The van der Waals surface area contributed by atoms with Gasteiger partial charge in [-0.2, -0.15) is 0 Å². The normalized spacial score (nSPS) is 23.9. The van der Waals surface area contributed by atoms with Crippen molar-refractivity contribution in [3.63, 3.8) is 0 Å². The number of ether oxygens (including phenoxy) is 1. The standard InChI is InChI=1S/C31H29F5N4O7/c1-13-27(42)17(12-16-20(32)22(34)24(36)23(35)21(16)33)38-29(44)25(40-30(45)26-19(41)9-6-10-37-26)14(2)47-31(46)18(39-28(13)43)11-15-7-4-3-5-8-15/h3-10,13-14,17-18,25,27,41-42H,11-12H2,1-2H3,(H,38,44)(H,39,43)(H,40,45). The second kappa shape index (κ2) is 14.5. The highest BCUT2D eigenvalue weighted by atomic mass is 19.2. The highest BCUT2D eigenvalue weighted by Gasteiger charge is 2.40. The quantitative estimate of drug-likeness (QED) is 0.116. The Labute approximate surface area is 264 Å². The SMILES string of the molecule is CC1OC(=O)C(Cc2ccccc2)NC(=O)C(C)C(O)C(Cc2c(F)c(F)c(F)c(F)c2F)NC(=O)C1NC(=O)c1ncccc1O. The predicted molar refractivity (Wildman–Crippen MR) is 152 cm³/mol. The number of aromatic hydroxyl groups is 1. The molecule has 2 heterocycles. The molecule has 47 heavy (non-hydrogen) atoms. The molecule has 250 valence electrons. The lowest BCUT2D eigenvalue weighted by atomic mass is 9.90. The van der Waals surface area contributed by atoms with Gasteiger partial charge >= 0.3 is 5.97 Å². The van der Waals surface area contributed by atoms with E-state index in [-0.39, 0.29) is 6.42 Å². The molecule has 6 atom stereocenters. The lowest BCUT2D eigenvalue weighted by Gasteiger charge is -2.33. The summed E-state index contributed by atoms with van der Waals surface area (Å²) in [5, 5.41) is 28.1. The third-order valence-electron chi connectivity index (χ3n) is 7.62. The van der Waals surface area contributed by atoms with Gasteiger partial charge in [0.1, 0.15) is 23.9 Å². The van der Waals surface area contributed by atoms with E-state index in [0.29, 0.717) is 5.56 Å². The summed E-state index contributed by atoms with van der Waals surface area (Å²) in [5.74, 6) is -18.0. The van der Waals surface area contributed by atoms with E-state index in [2.05, 4.69) is 20.9 Å². The summed E-state index contributed by atoms with van der Waals surface area (Å²) in [6.07, 6.45) is -3.77. The van der Waals surface area contributed by atoms with Crippen molar-refractivity contribution in [3.8, 4) is 5.75 Å². The fourth-order valence-corrected chi connectivity index (χ4v) is 4.94. The Balaban J connectivity index is 1.77. The third-order valence-corrected chi connectivity index (χ3v) is 7.62. The Morgan fingerprint density at radius 2 is 1.49 bits per heavy atom. The van der Waals surface area contributed by atoms with Gasteiger partial charge in [0.25, 0.3) is 5.91 Å². The first kappa shape index (κ1) is 34.7. The summed E-state index contributed by atoms with van der Waals surface area (Å²) in [6.45, 7) is 2.33. The summed E-state index contributed by atoms with van der Waals surface area (Å²) in [6, 6.07) is 5.61. The molecule has 0 saturated carbocycles. The number of hydrogen-bond acceptors (Lipinski definition) is 8. The number of carbonyl (C=O) groups is 4. The summed E-state index contributed by atoms with van der Waals surface area (Å²) in [7, 11) is 0. The highest BCUT2D eigenvalue weighted by Crippen LogP contribution is 2.26. The minimum Gasteiger partial charge on any atom is -0.505 e. The zero-order valence-corrected chi connectivity index (χ0v) is 24.8. The number of carbonyl (C=O) groups excluding carboxylic acids is 4. The van der Waals surface area contributed by atoms with Gasteiger partial charge < -0.3 is 30.9 Å². The highest BCUT2D eigenvalue weighted by molar-refractivity contribution is 5.98. The molecule has 1 aliphatic heterocycles. The number of hydrogen-bond donors (Lipinski definition) is 5. The maximum atomic E-state index is 14.7. The molecule has 5 N–H and O–H groups in total. The molecule has 2 aromatic carbocycles. The van der Waals surface area contributed by atoms with Crippen LogP contribution in [0.3, 0.4) is 0 Å². The van der Waals surface area contributed by atoms with Crippen molar-refractivity contribution in [1.82, 2.24) is 20.9 Å². The fraction of sp³-hybridized carbons (Fsp3) is 0.323. The molecule has 1 aliphatic rings. The van der Waals surface area contributed by atoms with Crippen molar-refractivity contribution in [2.24, 2.45) is 5.92 Å². The van der Waals surface area contributed by atoms with Gasteiger partial charge in [-0.1, -0.05) is 37.3 Å². The largest absolute Gasteiger partial charge is 0.505 e. The minimum atomic E-state index is -2.43. The fourth-order valence-electron chi connectivity index (χ4n) is 4.94. The average Bonchev–Trinajstić information content (AvgIpc) is 3.05. The maximum Gasteiger partial charge on any atom is 0.329 e. The van der Waals surface area contributed by atoms with Crippen LogP contribution in [0.1, 0.15) is 35.5 Å². The summed E-state index contributed by atoms with van der Waals surface area (Å²) >= 11 is 0. The van der Waals surface area contributed by atoms with Gasteiger partial charge in [-0.3, -0.25) is 14.4 Å². The van der Waals surface area contributed by atoms with E-state index in [9.17, 15) is 51.3 Å². The number of halogens is 5. The number of esters is 1. The number of aliphatic hydroxyl groups is 1. The smallest absolute Gasteiger partial charge is 0.329 e. The van der Waals surface area contributed by atoms with Crippen molar-refractivity contribution in [3.05, 3.63) is 94.6 Å². The summed E-state index contributed by atoms with van der Waals surface area (Å²) in [4.78, 5) is 57.0. The molecule has 3 aromatic rings. The van der Waals surface area contributed by atoms with Crippen molar-refractivity contribution in [2.75, 3.05) is 0 Å². The number of amides is 3. The first-order chi connectivity index (χ1) is 22.2. The zero-order chi connectivity index (χ0) is 34.6. The number of benzene rings is 2. The van der Waals surface area contributed by atoms with E-state index < -0.39 is 112 Å². The molecule has 4 rings (SSSR count). The molecule has 3 amide bonds. The Kier molecular flexibility index (Phi) is 10.7. The van der Waals surface area contributed by atoms with Crippen LogP contribution in [-0.4, -0.2) is 69.2 Å². The van der Waals surface area contributed by atoms with Crippen LogP contribution in [0.4, 0.5) is 22.0 Å². The first-order valence-corrected chi connectivity index (χ1v) is 14.2. The van der Waals surface area contributed by atoms with Crippen molar-refractivity contribution in [2.45, 2.75) is 57.0 Å². The van der Waals surface area contributed by atoms with Crippen LogP contribution in [0, 0.1) is 35.0 Å². The second-order valence-electron chi connectivity index (χ2n) is 10.9. The van der Waals surface area contributed by atoms with Gasteiger partial charge in [0.05, 0.1) is 18.1 Å². The topological polar surface area (TPSA) is 167 Å². The van der Waals surface area contributed by atoms with Crippen LogP contribution in [0.25, 0.3) is 0 Å². The Hall–Kier alpha value is -5.12. The van der Waals surface area contributed by atoms with E-state index in [4.69, 9.17) is 4.74 Å². The molecule has 0 bridgehead atoms. The lowest BCUT2D eigenvalue weighted by Crippen LogP contribution is -2.61. The second-order valence-corrected chi connectivity index (χ2v) is 10.9. The molecule has 6 unspecified atom stereocenters. The van der Waals surface area contributed by atoms with Gasteiger partial charge in [-0.15, -0.1) is 0 Å². The third kappa shape index (κ3) is 7.65. The number of pyridine rings is 1. The molecular weight excluding hydrogens is 635 g/mol. The molecule has 0 spiro atoms. The molecule has 1 aromatic heterocycles. The summed E-state index contributed by atoms with van der Waals surface area (Å²) in [5.41, 5.74) is -1.36. The van der Waals surface area contributed by atoms with Gasteiger partial charge in [-0.05, 0) is 24.6 Å². The van der Waals surface area contributed by atoms with Crippen LogP contribution in [0.2, 0.25) is 0 Å². The Morgan fingerprint density at radius 1 is 0.872 bits per heavy atom. The molecular formula is C31H29F5N4O7. The monoisotopic (exact) mass is 664 g/mol. The van der Waals surface area contributed by atoms with Crippen LogP contribution in [0.5, 0.6) is 5.75 Å².